The van der Waals surface area contributed by atoms with E-state index in [-0.39, 0.29) is 23.6 Å². The molecular formula is C25H22FN3O3. The highest BCUT2D eigenvalue weighted by Gasteiger charge is 2.39. The quantitative estimate of drug-likeness (QED) is 0.535. The summed E-state index contributed by atoms with van der Waals surface area (Å²) in [6.45, 7) is 2.71. The van der Waals surface area contributed by atoms with Gasteiger partial charge in [-0.05, 0) is 60.0 Å². The van der Waals surface area contributed by atoms with Crippen LogP contribution in [0.15, 0.2) is 78.8 Å². The van der Waals surface area contributed by atoms with E-state index >= 15 is 0 Å². The predicted octanol–water partition coefficient (Wildman–Crippen LogP) is 4.40. The highest BCUT2D eigenvalue weighted by atomic mass is 19.1. The number of rotatable bonds is 8. The van der Waals surface area contributed by atoms with Gasteiger partial charge in [-0.3, -0.25) is 19.5 Å². The summed E-state index contributed by atoms with van der Waals surface area (Å²) >= 11 is 0. The highest BCUT2D eigenvalue weighted by molar-refractivity contribution is 6.36. The van der Waals surface area contributed by atoms with Crippen molar-refractivity contribution in [2.75, 3.05) is 11.9 Å². The minimum absolute atomic E-state index is 0.0985. The van der Waals surface area contributed by atoms with Crippen molar-refractivity contribution >= 4 is 23.1 Å². The smallest absolute Gasteiger partial charge is 0.278 e. The molecule has 32 heavy (non-hydrogen) atoms. The fourth-order valence-corrected chi connectivity index (χ4v) is 3.39. The van der Waals surface area contributed by atoms with E-state index in [4.69, 9.17) is 4.74 Å². The molecule has 2 amide bonds. The van der Waals surface area contributed by atoms with Crippen molar-refractivity contribution in [3.63, 3.8) is 0 Å². The summed E-state index contributed by atoms with van der Waals surface area (Å²) in [6.07, 6.45) is 4.13. The number of aromatic nitrogens is 1. The van der Waals surface area contributed by atoms with Crippen molar-refractivity contribution in [3.8, 4) is 5.75 Å². The number of ether oxygens (including phenoxy) is 1. The van der Waals surface area contributed by atoms with Gasteiger partial charge in [0.25, 0.3) is 11.8 Å². The van der Waals surface area contributed by atoms with Gasteiger partial charge in [0.15, 0.2) is 0 Å². The Labute approximate surface area is 185 Å². The van der Waals surface area contributed by atoms with Gasteiger partial charge in [-0.2, -0.15) is 0 Å². The van der Waals surface area contributed by atoms with Crippen molar-refractivity contribution in [2.45, 2.75) is 19.9 Å². The van der Waals surface area contributed by atoms with Crippen LogP contribution in [0.4, 0.5) is 10.1 Å². The number of anilines is 1. The molecule has 2 heterocycles. The number of pyridine rings is 1. The molecule has 0 fully saturated rings. The summed E-state index contributed by atoms with van der Waals surface area (Å²) in [7, 11) is 0. The van der Waals surface area contributed by atoms with Crippen molar-refractivity contribution in [3.05, 3.63) is 95.7 Å². The largest absolute Gasteiger partial charge is 0.494 e. The summed E-state index contributed by atoms with van der Waals surface area (Å²) in [6, 6.07) is 16.2. The number of hydrogen-bond acceptors (Lipinski definition) is 5. The molecule has 0 aliphatic carbocycles. The van der Waals surface area contributed by atoms with E-state index in [1.807, 2.05) is 6.92 Å². The van der Waals surface area contributed by atoms with E-state index in [1.54, 1.807) is 48.8 Å². The Balaban J connectivity index is 1.69. The van der Waals surface area contributed by atoms with Crippen molar-refractivity contribution in [2.24, 2.45) is 0 Å². The summed E-state index contributed by atoms with van der Waals surface area (Å²) in [5.74, 6) is -0.567. The molecule has 1 aliphatic heterocycles. The van der Waals surface area contributed by atoms with Crippen LogP contribution in [0.3, 0.4) is 0 Å². The lowest BCUT2D eigenvalue weighted by molar-refractivity contribution is -0.137. The molecule has 6 nitrogen and oxygen atoms in total. The topological polar surface area (TPSA) is 71.5 Å². The molecular weight excluding hydrogens is 409 g/mol. The van der Waals surface area contributed by atoms with Crippen LogP contribution in [0.1, 0.15) is 24.5 Å². The molecule has 0 saturated heterocycles. The fourth-order valence-electron chi connectivity index (χ4n) is 3.39. The number of carbonyl (C=O) groups is 2. The number of imide groups is 1. The van der Waals surface area contributed by atoms with Gasteiger partial charge in [-0.1, -0.05) is 25.1 Å². The summed E-state index contributed by atoms with van der Waals surface area (Å²) in [4.78, 5) is 31.8. The van der Waals surface area contributed by atoms with Gasteiger partial charge in [0.05, 0.1) is 18.7 Å². The Morgan fingerprint density at radius 2 is 1.75 bits per heavy atom. The predicted molar refractivity (Wildman–Crippen MR) is 119 cm³/mol. The third-order valence-corrected chi connectivity index (χ3v) is 4.96. The molecule has 0 atom stereocenters. The minimum atomic E-state index is -0.454. The normalized spacial score (nSPS) is 13.6. The maximum Gasteiger partial charge on any atom is 0.278 e. The molecule has 0 saturated carbocycles. The number of carbonyl (C=O) groups excluding carboxylic acids is 2. The maximum atomic E-state index is 13.3. The zero-order valence-corrected chi connectivity index (χ0v) is 17.5. The molecule has 0 spiro atoms. The summed E-state index contributed by atoms with van der Waals surface area (Å²) < 4.78 is 18.9. The SMILES string of the molecule is CCCOc1ccc(C2=C(Nc3ccc(F)cc3)C(=O)N(Cc3cccnc3)C2=O)cc1. The molecule has 0 radical (unpaired) electrons. The average molecular weight is 431 g/mol. The van der Waals surface area contributed by atoms with Gasteiger partial charge in [0.1, 0.15) is 17.3 Å². The average Bonchev–Trinajstić information content (AvgIpc) is 3.04. The van der Waals surface area contributed by atoms with Gasteiger partial charge in [-0.25, -0.2) is 4.39 Å². The van der Waals surface area contributed by atoms with Crippen LogP contribution < -0.4 is 10.1 Å². The van der Waals surface area contributed by atoms with E-state index < -0.39 is 11.8 Å². The van der Waals surface area contributed by atoms with Crippen molar-refractivity contribution < 1.29 is 18.7 Å². The Kier molecular flexibility index (Phi) is 6.26. The molecule has 7 heteroatoms. The van der Waals surface area contributed by atoms with Crippen LogP contribution in [0, 0.1) is 5.82 Å². The van der Waals surface area contributed by atoms with Crippen LogP contribution in [0.25, 0.3) is 5.57 Å². The molecule has 1 aromatic heterocycles. The number of nitrogens with one attached hydrogen (secondary N) is 1. The van der Waals surface area contributed by atoms with Gasteiger partial charge in [0, 0.05) is 18.1 Å². The first kappa shape index (κ1) is 21.2. The fraction of sp³-hybridized carbons (Fsp3) is 0.160. The van der Waals surface area contributed by atoms with Crippen LogP contribution in [0.5, 0.6) is 5.75 Å². The van der Waals surface area contributed by atoms with E-state index in [1.165, 1.54) is 29.2 Å². The zero-order valence-electron chi connectivity index (χ0n) is 17.5. The first-order valence-corrected chi connectivity index (χ1v) is 10.3. The second-order valence-electron chi connectivity index (χ2n) is 7.31. The van der Waals surface area contributed by atoms with Gasteiger partial charge in [-0.15, -0.1) is 0 Å². The molecule has 162 valence electrons. The lowest BCUT2D eigenvalue weighted by atomic mass is 10.0. The molecule has 0 unspecified atom stereocenters. The van der Waals surface area contributed by atoms with Crippen LogP contribution in [-0.2, 0) is 16.1 Å². The monoisotopic (exact) mass is 431 g/mol. The van der Waals surface area contributed by atoms with Crippen molar-refractivity contribution in [1.82, 2.24) is 9.88 Å². The summed E-state index contributed by atoms with van der Waals surface area (Å²) in [5.41, 5.74) is 2.23. The third-order valence-electron chi connectivity index (χ3n) is 4.96. The highest BCUT2D eigenvalue weighted by Crippen LogP contribution is 2.32. The van der Waals surface area contributed by atoms with E-state index in [9.17, 15) is 14.0 Å². The molecule has 1 N–H and O–H groups in total. The Morgan fingerprint density at radius 3 is 2.41 bits per heavy atom. The second kappa shape index (κ2) is 9.43. The van der Waals surface area contributed by atoms with E-state index in [0.717, 1.165) is 12.0 Å². The van der Waals surface area contributed by atoms with Crippen LogP contribution in [-0.4, -0.2) is 28.3 Å². The van der Waals surface area contributed by atoms with E-state index in [0.29, 0.717) is 23.6 Å². The molecule has 4 rings (SSSR count). The lowest BCUT2D eigenvalue weighted by Gasteiger charge is -2.15. The maximum absolute atomic E-state index is 13.3. The first-order valence-electron chi connectivity index (χ1n) is 10.3. The Morgan fingerprint density at radius 1 is 1.00 bits per heavy atom. The Hall–Kier alpha value is -4.00. The summed E-state index contributed by atoms with van der Waals surface area (Å²) in [5, 5.41) is 3.02. The number of hydrogen-bond donors (Lipinski definition) is 1. The van der Waals surface area contributed by atoms with Gasteiger partial charge in [0.2, 0.25) is 0 Å². The second-order valence-corrected chi connectivity index (χ2v) is 7.31. The minimum Gasteiger partial charge on any atom is -0.494 e. The van der Waals surface area contributed by atoms with Crippen LogP contribution >= 0.6 is 0 Å². The molecule has 0 bridgehead atoms. The zero-order chi connectivity index (χ0) is 22.5. The third kappa shape index (κ3) is 4.51. The first-order chi connectivity index (χ1) is 15.6. The number of halogens is 1. The van der Waals surface area contributed by atoms with Gasteiger partial charge < -0.3 is 10.1 Å². The number of benzene rings is 2. The van der Waals surface area contributed by atoms with E-state index in [2.05, 4.69) is 10.3 Å². The van der Waals surface area contributed by atoms with Crippen molar-refractivity contribution in [1.29, 1.82) is 0 Å². The number of amides is 2. The standard InChI is InChI=1S/C25H22FN3O3/c1-2-14-32-21-11-5-18(6-12-21)22-23(28-20-9-7-19(26)8-10-20)25(31)29(24(22)30)16-17-4-3-13-27-15-17/h3-13,15,28H,2,14,16H2,1H3. The molecule has 3 aromatic rings. The molecule has 1 aliphatic rings. The van der Waals surface area contributed by atoms with Gasteiger partial charge >= 0.3 is 0 Å². The Bertz CT molecular complexity index is 1140. The number of nitrogens with zero attached hydrogens (tertiary/aromatic N) is 2. The lowest BCUT2D eigenvalue weighted by Crippen LogP contribution is -2.32. The van der Waals surface area contributed by atoms with Crippen LogP contribution in [0.2, 0.25) is 0 Å². The molecule has 2 aromatic carbocycles.